The maximum absolute atomic E-state index is 11.9. The first kappa shape index (κ1) is 15.0. The van der Waals surface area contributed by atoms with E-state index in [-0.39, 0.29) is 17.0 Å². The Labute approximate surface area is 140 Å². The van der Waals surface area contributed by atoms with Crippen molar-refractivity contribution in [1.29, 1.82) is 0 Å². The van der Waals surface area contributed by atoms with Gasteiger partial charge in [0.25, 0.3) is 5.56 Å². The number of amidine groups is 1. The van der Waals surface area contributed by atoms with Gasteiger partial charge >= 0.3 is 0 Å². The van der Waals surface area contributed by atoms with E-state index in [4.69, 9.17) is 11.5 Å². The average Bonchev–Trinajstić information content (AvgIpc) is 3.24. The van der Waals surface area contributed by atoms with Gasteiger partial charge in [0.05, 0.1) is 5.69 Å². The molecule has 0 unspecified atom stereocenters. The number of aliphatic imine (C=N–C) groups is 1. The number of nitrogens with one attached hydrogen (secondary N) is 1. The molecule has 1 aliphatic heterocycles. The SMILES string of the molecule is NC(=Nc1ccc2c(c1)CN(CC1CC1)C2)c1c(N)cc[nH]c1=O. The van der Waals surface area contributed by atoms with E-state index in [2.05, 4.69) is 27.0 Å². The van der Waals surface area contributed by atoms with Gasteiger partial charge < -0.3 is 16.5 Å². The Hall–Kier alpha value is -2.60. The highest BCUT2D eigenvalue weighted by molar-refractivity contribution is 6.02. The van der Waals surface area contributed by atoms with Crippen molar-refractivity contribution in [3.8, 4) is 0 Å². The first-order valence-electron chi connectivity index (χ1n) is 8.26. The van der Waals surface area contributed by atoms with Gasteiger partial charge in [-0.25, -0.2) is 4.99 Å². The van der Waals surface area contributed by atoms with E-state index in [1.54, 1.807) is 6.07 Å². The second kappa shape index (κ2) is 5.79. The fourth-order valence-electron chi connectivity index (χ4n) is 3.27. The number of H-pyrrole nitrogens is 1. The van der Waals surface area contributed by atoms with E-state index < -0.39 is 0 Å². The lowest BCUT2D eigenvalue weighted by molar-refractivity contribution is 0.272. The Morgan fingerprint density at radius 3 is 2.79 bits per heavy atom. The highest BCUT2D eigenvalue weighted by Gasteiger charge is 2.27. The summed E-state index contributed by atoms with van der Waals surface area (Å²) in [5.41, 5.74) is 15.5. The molecule has 0 saturated heterocycles. The molecule has 4 rings (SSSR count). The van der Waals surface area contributed by atoms with Crippen LogP contribution in [0.1, 0.15) is 29.5 Å². The number of anilines is 1. The van der Waals surface area contributed by atoms with E-state index in [0.717, 1.165) is 24.7 Å². The molecule has 1 aliphatic carbocycles. The van der Waals surface area contributed by atoms with Gasteiger partial charge in [-0.1, -0.05) is 6.07 Å². The van der Waals surface area contributed by atoms with Crippen molar-refractivity contribution in [2.24, 2.45) is 16.6 Å². The number of pyridine rings is 1. The fourth-order valence-corrected chi connectivity index (χ4v) is 3.27. The van der Waals surface area contributed by atoms with Crippen LogP contribution in [-0.2, 0) is 13.1 Å². The molecule has 24 heavy (non-hydrogen) atoms. The van der Waals surface area contributed by atoms with Crippen molar-refractivity contribution in [3.05, 3.63) is 57.5 Å². The number of fused-ring (bicyclic) bond motifs is 1. The van der Waals surface area contributed by atoms with Gasteiger partial charge in [0.15, 0.2) is 0 Å². The van der Waals surface area contributed by atoms with Crippen LogP contribution in [0.5, 0.6) is 0 Å². The molecule has 1 aromatic carbocycles. The predicted molar refractivity (Wildman–Crippen MR) is 95.1 cm³/mol. The van der Waals surface area contributed by atoms with Gasteiger partial charge in [-0.2, -0.15) is 0 Å². The minimum atomic E-state index is -0.326. The number of nitrogen functional groups attached to an aromatic ring is 1. The van der Waals surface area contributed by atoms with Crippen LogP contribution < -0.4 is 17.0 Å². The van der Waals surface area contributed by atoms with E-state index in [1.165, 1.54) is 36.7 Å². The van der Waals surface area contributed by atoms with Crippen LogP contribution in [0.25, 0.3) is 0 Å². The van der Waals surface area contributed by atoms with Crippen LogP contribution in [0.2, 0.25) is 0 Å². The van der Waals surface area contributed by atoms with Crippen molar-refractivity contribution in [1.82, 2.24) is 9.88 Å². The number of hydrogen-bond acceptors (Lipinski definition) is 4. The topological polar surface area (TPSA) is 100 Å². The third-order valence-corrected chi connectivity index (χ3v) is 4.69. The molecule has 2 aromatic rings. The van der Waals surface area contributed by atoms with Crippen molar-refractivity contribution >= 4 is 17.2 Å². The first-order valence-corrected chi connectivity index (χ1v) is 8.26. The molecule has 2 aliphatic rings. The molecule has 0 bridgehead atoms. The van der Waals surface area contributed by atoms with E-state index in [1.807, 2.05) is 6.07 Å². The lowest BCUT2D eigenvalue weighted by Crippen LogP contribution is -2.25. The summed E-state index contributed by atoms with van der Waals surface area (Å²) in [5.74, 6) is 1.03. The van der Waals surface area contributed by atoms with Gasteiger partial charge in [0.2, 0.25) is 0 Å². The van der Waals surface area contributed by atoms with E-state index in [0.29, 0.717) is 5.69 Å². The monoisotopic (exact) mass is 323 g/mol. The molecule has 0 amide bonds. The lowest BCUT2D eigenvalue weighted by Gasteiger charge is -2.13. The lowest BCUT2D eigenvalue weighted by atomic mass is 10.1. The molecule has 6 nitrogen and oxygen atoms in total. The number of rotatable bonds is 4. The van der Waals surface area contributed by atoms with Crippen LogP contribution >= 0.6 is 0 Å². The minimum Gasteiger partial charge on any atom is -0.398 e. The minimum absolute atomic E-state index is 0.141. The molecule has 124 valence electrons. The number of aromatic nitrogens is 1. The van der Waals surface area contributed by atoms with Gasteiger partial charge in [0, 0.05) is 31.5 Å². The maximum Gasteiger partial charge on any atom is 0.261 e. The quantitative estimate of drug-likeness (QED) is 0.589. The summed E-state index contributed by atoms with van der Waals surface area (Å²) in [4.78, 5) is 21.4. The molecule has 1 aromatic heterocycles. The Morgan fingerprint density at radius 2 is 2.04 bits per heavy atom. The van der Waals surface area contributed by atoms with Crippen LogP contribution in [0, 0.1) is 5.92 Å². The predicted octanol–water partition coefficient (Wildman–Crippen LogP) is 1.72. The molecule has 2 heterocycles. The molecule has 1 saturated carbocycles. The first-order chi connectivity index (χ1) is 11.6. The second-order valence-electron chi connectivity index (χ2n) is 6.70. The van der Waals surface area contributed by atoms with Crippen molar-refractivity contribution in [2.45, 2.75) is 25.9 Å². The summed E-state index contributed by atoms with van der Waals surface area (Å²) in [5, 5.41) is 0. The third-order valence-electron chi connectivity index (χ3n) is 4.69. The third kappa shape index (κ3) is 2.92. The zero-order valence-electron chi connectivity index (χ0n) is 13.5. The van der Waals surface area contributed by atoms with Crippen LogP contribution in [0.3, 0.4) is 0 Å². The van der Waals surface area contributed by atoms with Gasteiger partial charge in [-0.15, -0.1) is 0 Å². The van der Waals surface area contributed by atoms with E-state index >= 15 is 0 Å². The Morgan fingerprint density at radius 1 is 1.25 bits per heavy atom. The molecule has 0 spiro atoms. The van der Waals surface area contributed by atoms with Gasteiger partial charge in [-0.05, 0) is 48.1 Å². The normalized spacial score (nSPS) is 17.9. The largest absolute Gasteiger partial charge is 0.398 e. The zero-order chi connectivity index (χ0) is 16.7. The fraction of sp³-hybridized carbons (Fsp3) is 0.333. The summed E-state index contributed by atoms with van der Waals surface area (Å²) < 4.78 is 0. The standard InChI is InChI=1S/C18H21N5O/c19-15-5-6-21-18(24)16(15)17(20)22-14-4-3-12-9-23(8-11-1-2-11)10-13(12)7-14/h3-7,11H,1-2,8-10H2,(H2,20,22)(H3,19,21,24). The summed E-state index contributed by atoms with van der Waals surface area (Å²) in [7, 11) is 0. The summed E-state index contributed by atoms with van der Waals surface area (Å²) in [6.45, 7) is 3.16. The maximum atomic E-state index is 11.9. The summed E-state index contributed by atoms with van der Waals surface area (Å²) >= 11 is 0. The highest BCUT2D eigenvalue weighted by Crippen LogP contribution is 2.34. The van der Waals surface area contributed by atoms with Crippen molar-refractivity contribution in [2.75, 3.05) is 12.3 Å². The number of nitrogens with zero attached hydrogens (tertiary/aromatic N) is 2. The van der Waals surface area contributed by atoms with Crippen LogP contribution in [-0.4, -0.2) is 22.3 Å². The molecule has 6 heteroatoms. The Kier molecular flexibility index (Phi) is 3.61. The molecular formula is C18H21N5O. The smallest absolute Gasteiger partial charge is 0.261 e. The van der Waals surface area contributed by atoms with Crippen LogP contribution in [0.15, 0.2) is 40.2 Å². The summed E-state index contributed by atoms with van der Waals surface area (Å²) in [6, 6.07) is 7.71. The summed E-state index contributed by atoms with van der Waals surface area (Å²) in [6.07, 6.45) is 4.23. The van der Waals surface area contributed by atoms with E-state index in [9.17, 15) is 4.79 Å². The number of nitrogens with two attached hydrogens (primary N) is 2. The molecule has 0 radical (unpaired) electrons. The molecule has 5 N–H and O–H groups in total. The Bertz CT molecular complexity index is 866. The highest BCUT2D eigenvalue weighted by atomic mass is 16.1. The number of aromatic amines is 1. The zero-order valence-corrected chi connectivity index (χ0v) is 13.5. The van der Waals surface area contributed by atoms with Crippen LogP contribution in [0.4, 0.5) is 11.4 Å². The van der Waals surface area contributed by atoms with Crippen molar-refractivity contribution < 1.29 is 0 Å². The molecular weight excluding hydrogens is 302 g/mol. The Balaban J connectivity index is 1.59. The average molecular weight is 323 g/mol. The molecule has 0 atom stereocenters. The van der Waals surface area contributed by atoms with Gasteiger partial charge in [-0.3, -0.25) is 9.69 Å². The number of benzene rings is 1. The molecule has 1 fully saturated rings. The van der Waals surface area contributed by atoms with Gasteiger partial charge in [0.1, 0.15) is 11.4 Å². The number of hydrogen-bond donors (Lipinski definition) is 3. The van der Waals surface area contributed by atoms with Crippen molar-refractivity contribution in [3.63, 3.8) is 0 Å². The second-order valence-corrected chi connectivity index (χ2v) is 6.70.